The van der Waals surface area contributed by atoms with E-state index in [0.717, 1.165) is 75.4 Å². The van der Waals surface area contributed by atoms with Crippen LogP contribution in [0.15, 0.2) is 42.7 Å². The molecule has 1 aliphatic heterocycles. The van der Waals surface area contributed by atoms with Gasteiger partial charge in [-0.15, -0.1) is 0 Å². The molecule has 1 N–H and O–H groups in total. The normalized spacial score (nSPS) is 20.9. The molecule has 3 aromatic rings. The fraction of sp³-hybridized carbons (Fsp3) is 0.464. The second-order valence-electron chi connectivity index (χ2n) is 10.1. The van der Waals surface area contributed by atoms with E-state index in [4.69, 9.17) is 9.72 Å². The van der Waals surface area contributed by atoms with Crippen LogP contribution in [0, 0.1) is 13.8 Å². The minimum absolute atomic E-state index is 0.341. The second kappa shape index (κ2) is 10.9. The number of benzene rings is 1. The zero-order chi connectivity index (χ0) is 26.9. The Morgan fingerprint density at radius 3 is 2.34 bits per heavy atom. The number of carbonyl (C=O) groups excluding carboxylic acids is 1. The van der Waals surface area contributed by atoms with Crippen molar-refractivity contribution >= 4 is 11.6 Å². The molecule has 0 unspecified atom stereocenters. The summed E-state index contributed by atoms with van der Waals surface area (Å²) in [7, 11) is 0. The number of anilines is 1. The lowest BCUT2D eigenvalue weighted by Gasteiger charge is -2.38. The molecule has 0 spiro atoms. The Hall–Kier alpha value is -3.24. The summed E-state index contributed by atoms with van der Waals surface area (Å²) in [5, 5.41) is 7.11. The van der Waals surface area contributed by atoms with Gasteiger partial charge in [0.05, 0.1) is 53.8 Å². The van der Waals surface area contributed by atoms with Gasteiger partial charge in [-0.05, 0) is 75.4 Å². The number of carbonyl (C=O) groups is 1. The van der Waals surface area contributed by atoms with Crippen LogP contribution >= 0.6 is 0 Å². The lowest BCUT2D eigenvalue weighted by atomic mass is 9.82. The highest BCUT2D eigenvalue weighted by Crippen LogP contribution is 2.36. The Balaban J connectivity index is 1.22. The van der Waals surface area contributed by atoms with Gasteiger partial charge in [-0.3, -0.25) is 14.7 Å². The number of alkyl halides is 3. The van der Waals surface area contributed by atoms with Crippen LogP contribution in [0.3, 0.4) is 0 Å². The Labute approximate surface area is 220 Å². The quantitative estimate of drug-likeness (QED) is 0.474. The monoisotopic (exact) mass is 527 g/mol. The molecule has 5 rings (SSSR count). The third-order valence-corrected chi connectivity index (χ3v) is 7.72. The van der Waals surface area contributed by atoms with Crippen molar-refractivity contribution in [3.05, 3.63) is 70.8 Å². The molecule has 10 heteroatoms. The number of morpholine rings is 1. The summed E-state index contributed by atoms with van der Waals surface area (Å²) in [6, 6.07) is 7.25. The van der Waals surface area contributed by atoms with Crippen molar-refractivity contribution in [1.29, 1.82) is 0 Å². The number of hydrogen-bond acceptors (Lipinski definition) is 5. The van der Waals surface area contributed by atoms with E-state index in [9.17, 15) is 18.0 Å². The molecule has 0 atom stereocenters. The first-order valence-corrected chi connectivity index (χ1v) is 13.0. The van der Waals surface area contributed by atoms with Crippen LogP contribution in [0.4, 0.5) is 18.9 Å². The maximum atomic E-state index is 13.0. The van der Waals surface area contributed by atoms with E-state index in [-0.39, 0.29) is 5.91 Å². The number of nitrogens with one attached hydrogen (secondary N) is 1. The molecular weight excluding hydrogens is 495 g/mol. The maximum absolute atomic E-state index is 13.0. The molecule has 1 amide bonds. The molecule has 7 nitrogen and oxygen atoms in total. The van der Waals surface area contributed by atoms with Crippen molar-refractivity contribution in [1.82, 2.24) is 19.7 Å². The number of pyridine rings is 1. The summed E-state index contributed by atoms with van der Waals surface area (Å²) in [5.41, 5.74) is 3.32. The molecule has 0 bridgehead atoms. The van der Waals surface area contributed by atoms with Crippen molar-refractivity contribution in [2.24, 2.45) is 0 Å². The number of halogens is 3. The maximum Gasteiger partial charge on any atom is 0.416 e. The molecule has 202 valence electrons. The van der Waals surface area contributed by atoms with Crippen molar-refractivity contribution in [2.45, 2.75) is 57.7 Å². The number of aryl methyl sites for hydroxylation is 1. The minimum atomic E-state index is -4.41. The first-order valence-electron chi connectivity index (χ1n) is 13.0. The number of aromatic nitrogens is 3. The van der Waals surface area contributed by atoms with E-state index in [2.05, 4.69) is 15.3 Å². The van der Waals surface area contributed by atoms with E-state index in [0.29, 0.717) is 34.6 Å². The molecule has 2 aromatic heterocycles. The van der Waals surface area contributed by atoms with Crippen molar-refractivity contribution in [3.63, 3.8) is 0 Å². The predicted octanol–water partition coefficient (Wildman–Crippen LogP) is 5.51. The fourth-order valence-electron chi connectivity index (χ4n) is 5.62. The molecule has 1 aliphatic carbocycles. The van der Waals surface area contributed by atoms with E-state index in [1.807, 2.05) is 13.0 Å². The molecule has 1 saturated heterocycles. The molecule has 1 saturated carbocycles. The first-order chi connectivity index (χ1) is 18.2. The molecule has 2 fully saturated rings. The smallest absolute Gasteiger partial charge is 0.379 e. The van der Waals surface area contributed by atoms with Crippen LogP contribution in [0.25, 0.3) is 5.69 Å². The van der Waals surface area contributed by atoms with Gasteiger partial charge in [0.15, 0.2) is 0 Å². The average molecular weight is 528 g/mol. The summed E-state index contributed by atoms with van der Waals surface area (Å²) in [6.45, 7) is 7.42. The largest absolute Gasteiger partial charge is 0.416 e. The molecule has 1 aromatic carbocycles. The van der Waals surface area contributed by atoms with Crippen LogP contribution in [-0.2, 0) is 10.9 Å². The van der Waals surface area contributed by atoms with Gasteiger partial charge >= 0.3 is 6.18 Å². The lowest BCUT2D eigenvalue weighted by molar-refractivity contribution is -0.137. The van der Waals surface area contributed by atoms with Crippen LogP contribution in [0.5, 0.6) is 0 Å². The highest BCUT2D eigenvalue weighted by molar-refractivity contribution is 6.04. The van der Waals surface area contributed by atoms with Crippen LogP contribution < -0.4 is 5.32 Å². The van der Waals surface area contributed by atoms with Gasteiger partial charge in [0, 0.05) is 30.7 Å². The van der Waals surface area contributed by atoms with Gasteiger partial charge in [-0.1, -0.05) is 0 Å². The van der Waals surface area contributed by atoms with Gasteiger partial charge in [0.2, 0.25) is 0 Å². The van der Waals surface area contributed by atoms with Crippen molar-refractivity contribution < 1.29 is 22.7 Å². The summed E-state index contributed by atoms with van der Waals surface area (Å²) >= 11 is 0. The molecule has 38 heavy (non-hydrogen) atoms. The Morgan fingerprint density at radius 2 is 1.71 bits per heavy atom. The number of nitrogens with zero attached hydrogens (tertiary/aromatic N) is 4. The average Bonchev–Trinajstić information content (AvgIpc) is 3.30. The third-order valence-electron chi connectivity index (χ3n) is 7.72. The topological polar surface area (TPSA) is 72.3 Å². The Kier molecular flexibility index (Phi) is 7.54. The van der Waals surface area contributed by atoms with Crippen LogP contribution in [0.1, 0.15) is 64.5 Å². The minimum Gasteiger partial charge on any atom is -0.379 e. The zero-order valence-electron chi connectivity index (χ0n) is 21.6. The summed E-state index contributed by atoms with van der Waals surface area (Å²) < 4.78 is 45.6. The number of hydrogen-bond donors (Lipinski definition) is 1. The number of ether oxygens (including phenoxy) is 1. The summed E-state index contributed by atoms with van der Waals surface area (Å²) in [6.07, 6.45) is 3.23. The standard InChI is InChI=1S/C28H32F3N5O2/c1-18-15-22(16-32-26(18)20-3-7-23(8-4-20)35-11-13-38-14-12-35)34-27(37)25-17-33-36(19(25)2)24-9-5-21(6-10-24)28(29,30)31/h5-6,9-10,15-17,20,23H,3-4,7-8,11-14H2,1-2H3,(H,34,37)/t20-,23-. The first kappa shape index (κ1) is 26.4. The van der Waals surface area contributed by atoms with Gasteiger partial charge in [-0.2, -0.15) is 18.3 Å². The van der Waals surface area contributed by atoms with Gasteiger partial charge < -0.3 is 10.1 Å². The highest BCUT2D eigenvalue weighted by Gasteiger charge is 2.31. The molecule has 0 radical (unpaired) electrons. The van der Waals surface area contributed by atoms with Crippen LogP contribution in [0.2, 0.25) is 0 Å². The summed E-state index contributed by atoms with van der Waals surface area (Å²) in [4.78, 5) is 20.3. The van der Waals surface area contributed by atoms with Gasteiger partial charge in [0.25, 0.3) is 5.91 Å². The van der Waals surface area contributed by atoms with Crippen molar-refractivity contribution in [3.8, 4) is 5.69 Å². The van der Waals surface area contributed by atoms with E-state index >= 15 is 0 Å². The second-order valence-corrected chi connectivity index (χ2v) is 10.1. The van der Waals surface area contributed by atoms with E-state index in [1.54, 1.807) is 13.1 Å². The lowest BCUT2D eigenvalue weighted by Crippen LogP contribution is -2.44. The zero-order valence-corrected chi connectivity index (χ0v) is 21.6. The molecule has 3 heterocycles. The third kappa shape index (κ3) is 5.61. The van der Waals surface area contributed by atoms with Gasteiger partial charge in [-0.25, -0.2) is 4.68 Å². The Bertz CT molecular complexity index is 1270. The van der Waals surface area contributed by atoms with Crippen molar-refractivity contribution in [2.75, 3.05) is 31.6 Å². The summed E-state index contributed by atoms with van der Waals surface area (Å²) in [5.74, 6) is 0.0712. The molecular formula is C28H32F3N5O2. The van der Waals surface area contributed by atoms with Gasteiger partial charge in [0.1, 0.15) is 0 Å². The fourth-order valence-corrected chi connectivity index (χ4v) is 5.62. The Morgan fingerprint density at radius 1 is 1.03 bits per heavy atom. The number of amides is 1. The SMILES string of the molecule is Cc1cc(NC(=O)c2cnn(-c3ccc(C(F)(F)F)cc3)c2C)cnc1[C@H]1CC[C@H](N2CCOCC2)CC1. The predicted molar refractivity (Wildman–Crippen MR) is 138 cm³/mol. The highest BCUT2D eigenvalue weighted by atomic mass is 19.4. The number of rotatable bonds is 5. The van der Waals surface area contributed by atoms with E-state index < -0.39 is 11.7 Å². The molecule has 2 aliphatic rings. The van der Waals surface area contributed by atoms with E-state index in [1.165, 1.54) is 23.0 Å². The van der Waals surface area contributed by atoms with Crippen LogP contribution in [-0.4, -0.2) is 57.9 Å².